The molecule has 0 bridgehead atoms. The van der Waals surface area contributed by atoms with E-state index in [0.29, 0.717) is 17.3 Å². The maximum Gasteiger partial charge on any atom is 0.147 e. The first-order chi connectivity index (χ1) is 8.26. The smallest absolute Gasteiger partial charge is 0.147 e. The Morgan fingerprint density at radius 1 is 1.41 bits per heavy atom. The van der Waals surface area contributed by atoms with Gasteiger partial charge in [0, 0.05) is 12.6 Å². The lowest BCUT2D eigenvalue weighted by atomic mass is 10.1. The van der Waals surface area contributed by atoms with Crippen LogP contribution in [-0.2, 0) is 0 Å². The third-order valence-electron chi connectivity index (χ3n) is 3.49. The van der Waals surface area contributed by atoms with Crippen LogP contribution in [0.25, 0.3) is 0 Å². The highest BCUT2D eigenvalue weighted by Gasteiger charge is 2.23. The molecule has 0 atom stereocenters. The molecule has 2 nitrogen and oxygen atoms in total. The van der Waals surface area contributed by atoms with Crippen molar-refractivity contribution in [3.8, 4) is 6.07 Å². The summed E-state index contributed by atoms with van der Waals surface area (Å²) in [4.78, 5) is 2.13. The molecule has 1 fully saturated rings. The standard InChI is InChI=1S/C14H17FN2/c1-2-17(12-5-3-4-6-12)14-8-7-11(10-16)9-13(14)15/h7-9,12H,2-6H2,1H3. The van der Waals surface area contributed by atoms with E-state index in [1.54, 1.807) is 12.1 Å². The fraction of sp³-hybridized carbons (Fsp3) is 0.500. The molecule has 0 aliphatic heterocycles. The topological polar surface area (TPSA) is 27.0 Å². The van der Waals surface area contributed by atoms with Crippen molar-refractivity contribution in [2.45, 2.75) is 38.6 Å². The van der Waals surface area contributed by atoms with Crippen molar-refractivity contribution in [1.29, 1.82) is 5.26 Å². The average Bonchev–Trinajstić information content (AvgIpc) is 2.85. The number of hydrogen-bond acceptors (Lipinski definition) is 2. The van der Waals surface area contributed by atoms with Gasteiger partial charge in [-0.2, -0.15) is 5.26 Å². The van der Waals surface area contributed by atoms with Crippen molar-refractivity contribution in [1.82, 2.24) is 0 Å². The number of nitrogens with zero attached hydrogens (tertiary/aromatic N) is 2. The minimum atomic E-state index is -0.280. The van der Waals surface area contributed by atoms with Gasteiger partial charge in [0.1, 0.15) is 5.82 Å². The lowest BCUT2D eigenvalue weighted by molar-refractivity contribution is 0.578. The molecular weight excluding hydrogens is 215 g/mol. The zero-order chi connectivity index (χ0) is 12.3. The maximum absolute atomic E-state index is 13.9. The van der Waals surface area contributed by atoms with Crippen LogP contribution in [0.2, 0.25) is 0 Å². The van der Waals surface area contributed by atoms with E-state index in [9.17, 15) is 4.39 Å². The van der Waals surface area contributed by atoms with Gasteiger partial charge in [-0.1, -0.05) is 12.8 Å². The van der Waals surface area contributed by atoms with Crippen molar-refractivity contribution in [3.05, 3.63) is 29.6 Å². The van der Waals surface area contributed by atoms with Gasteiger partial charge >= 0.3 is 0 Å². The van der Waals surface area contributed by atoms with E-state index in [2.05, 4.69) is 11.8 Å². The van der Waals surface area contributed by atoms with Gasteiger partial charge in [0.15, 0.2) is 0 Å². The first-order valence-electron chi connectivity index (χ1n) is 6.22. The molecule has 0 spiro atoms. The van der Waals surface area contributed by atoms with E-state index in [1.165, 1.54) is 18.9 Å². The molecule has 3 heteroatoms. The summed E-state index contributed by atoms with van der Waals surface area (Å²) in [6.07, 6.45) is 4.76. The van der Waals surface area contributed by atoms with Crippen LogP contribution < -0.4 is 4.90 Å². The summed E-state index contributed by atoms with van der Waals surface area (Å²) in [6, 6.07) is 7.17. The summed E-state index contributed by atoms with van der Waals surface area (Å²) in [7, 11) is 0. The van der Waals surface area contributed by atoms with Crippen molar-refractivity contribution in [2.24, 2.45) is 0 Å². The molecule has 0 N–H and O–H groups in total. The quantitative estimate of drug-likeness (QED) is 0.798. The van der Waals surface area contributed by atoms with Crippen LogP contribution in [0.3, 0.4) is 0 Å². The molecule has 1 saturated carbocycles. The normalized spacial score (nSPS) is 15.8. The van der Waals surface area contributed by atoms with E-state index in [-0.39, 0.29) is 5.82 Å². The Bertz CT molecular complexity index is 430. The lowest BCUT2D eigenvalue weighted by Crippen LogP contribution is -2.33. The van der Waals surface area contributed by atoms with E-state index in [0.717, 1.165) is 19.4 Å². The molecule has 17 heavy (non-hydrogen) atoms. The number of benzene rings is 1. The fourth-order valence-corrected chi connectivity index (χ4v) is 2.65. The summed E-state index contributed by atoms with van der Waals surface area (Å²) < 4.78 is 13.9. The van der Waals surface area contributed by atoms with E-state index >= 15 is 0 Å². The molecule has 1 aliphatic carbocycles. The summed E-state index contributed by atoms with van der Waals surface area (Å²) >= 11 is 0. The molecule has 0 aromatic heterocycles. The highest BCUT2D eigenvalue weighted by Crippen LogP contribution is 2.30. The molecule has 0 radical (unpaired) electrons. The lowest BCUT2D eigenvalue weighted by Gasteiger charge is -2.30. The minimum Gasteiger partial charge on any atom is -0.366 e. The highest BCUT2D eigenvalue weighted by atomic mass is 19.1. The van der Waals surface area contributed by atoms with Gasteiger partial charge < -0.3 is 4.90 Å². The van der Waals surface area contributed by atoms with Crippen molar-refractivity contribution in [2.75, 3.05) is 11.4 Å². The Morgan fingerprint density at radius 2 is 2.12 bits per heavy atom. The first-order valence-corrected chi connectivity index (χ1v) is 6.22. The van der Waals surface area contributed by atoms with E-state index in [4.69, 9.17) is 5.26 Å². The Kier molecular flexibility index (Phi) is 3.63. The van der Waals surface area contributed by atoms with Gasteiger partial charge in [0.2, 0.25) is 0 Å². The number of anilines is 1. The summed E-state index contributed by atoms with van der Waals surface area (Å²) in [6.45, 7) is 2.86. The van der Waals surface area contributed by atoms with Crippen molar-refractivity contribution in [3.63, 3.8) is 0 Å². The zero-order valence-electron chi connectivity index (χ0n) is 10.1. The highest BCUT2D eigenvalue weighted by molar-refractivity contribution is 5.52. The number of nitriles is 1. The molecule has 0 unspecified atom stereocenters. The Labute approximate surface area is 102 Å². The van der Waals surface area contributed by atoms with Crippen LogP contribution in [0.1, 0.15) is 38.2 Å². The van der Waals surface area contributed by atoms with E-state index < -0.39 is 0 Å². The van der Waals surface area contributed by atoms with Crippen LogP contribution in [0.4, 0.5) is 10.1 Å². The van der Waals surface area contributed by atoms with Gasteiger partial charge in [-0.05, 0) is 38.0 Å². The predicted octanol–water partition coefficient (Wildman–Crippen LogP) is 3.47. The van der Waals surface area contributed by atoms with Crippen molar-refractivity contribution >= 4 is 5.69 Å². The van der Waals surface area contributed by atoms with Gasteiger partial charge in [-0.15, -0.1) is 0 Å². The minimum absolute atomic E-state index is 0.280. The van der Waals surface area contributed by atoms with Crippen LogP contribution in [-0.4, -0.2) is 12.6 Å². The molecule has 0 amide bonds. The fourth-order valence-electron chi connectivity index (χ4n) is 2.65. The van der Waals surface area contributed by atoms with Gasteiger partial charge in [-0.25, -0.2) is 4.39 Å². The Balaban J connectivity index is 2.27. The van der Waals surface area contributed by atoms with Crippen LogP contribution in [0.15, 0.2) is 18.2 Å². The SMILES string of the molecule is CCN(c1ccc(C#N)cc1F)C1CCCC1. The molecule has 1 aromatic carbocycles. The second-order valence-electron chi connectivity index (χ2n) is 4.50. The Morgan fingerprint density at radius 3 is 2.65 bits per heavy atom. The first kappa shape index (κ1) is 11.9. The molecule has 90 valence electrons. The largest absolute Gasteiger partial charge is 0.366 e. The number of halogens is 1. The van der Waals surface area contributed by atoms with Gasteiger partial charge in [0.25, 0.3) is 0 Å². The maximum atomic E-state index is 13.9. The summed E-state index contributed by atoms with van der Waals surface area (Å²) in [5.74, 6) is -0.280. The Hall–Kier alpha value is -1.56. The van der Waals surface area contributed by atoms with Crippen LogP contribution >= 0.6 is 0 Å². The number of hydrogen-bond donors (Lipinski definition) is 0. The molecule has 1 aliphatic rings. The second kappa shape index (κ2) is 5.18. The third-order valence-corrected chi connectivity index (χ3v) is 3.49. The van der Waals surface area contributed by atoms with Gasteiger partial charge in [-0.3, -0.25) is 0 Å². The average molecular weight is 232 g/mol. The van der Waals surface area contributed by atoms with E-state index in [1.807, 2.05) is 6.07 Å². The molecule has 0 saturated heterocycles. The molecular formula is C14H17FN2. The third kappa shape index (κ3) is 2.41. The van der Waals surface area contributed by atoms with Crippen LogP contribution in [0, 0.1) is 17.1 Å². The molecule has 1 aromatic rings. The number of rotatable bonds is 3. The molecule has 2 rings (SSSR count). The summed E-state index contributed by atoms with van der Waals surface area (Å²) in [5, 5.41) is 8.73. The monoisotopic (exact) mass is 232 g/mol. The molecule has 0 heterocycles. The zero-order valence-corrected chi connectivity index (χ0v) is 10.1. The summed E-state index contributed by atoms with van der Waals surface area (Å²) in [5.41, 5.74) is 1.02. The van der Waals surface area contributed by atoms with Crippen molar-refractivity contribution < 1.29 is 4.39 Å². The van der Waals surface area contributed by atoms with Crippen LogP contribution in [0.5, 0.6) is 0 Å². The predicted molar refractivity (Wildman–Crippen MR) is 66.4 cm³/mol. The second-order valence-corrected chi connectivity index (χ2v) is 4.50. The van der Waals surface area contributed by atoms with Gasteiger partial charge in [0.05, 0.1) is 17.3 Å².